The number of benzene rings is 2. The van der Waals surface area contributed by atoms with Gasteiger partial charge in [-0.1, -0.05) is 35.9 Å². The number of ether oxygens (including phenoxy) is 1. The molecule has 0 bridgehead atoms. The van der Waals surface area contributed by atoms with Crippen LogP contribution in [0.15, 0.2) is 48.5 Å². The summed E-state index contributed by atoms with van der Waals surface area (Å²) < 4.78 is 5.14. The smallest absolute Gasteiger partial charge is 0.225 e. The summed E-state index contributed by atoms with van der Waals surface area (Å²) in [6.07, 6.45) is 1.00. The fraction of sp³-hybridized carbons (Fsp3) is 0.333. The second-order valence-corrected chi connectivity index (χ2v) is 7.13. The maximum atomic E-state index is 12.4. The van der Waals surface area contributed by atoms with Crippen LogP contribution in [0.5, 0.6) is 5.75 Å². The minimum Gasteiger partial charge on any atom is -0.497 e. The van der Waals surface area contributed by atoms with Gasteiger partial charge < -0.3 is 15.0 Å². The standard InChI is InChI=1S/C21H23ClN2O3/c1-27-19-8-4-16(5-9-19)13-24-14-17(12-20(24)25)21(26)23-11-10-15-2-6-18(22)7-3-15/h2-9,17H,10-14H2,1H3,(H,23,26)/t17-/m1/s1. The molecular weight excluding hydrogens is 364 g/mol. The molecule has 0 aromatic heterocycles. The Labute approximate surface area is 164 Å². The lowest BCUT2D eigenvalue weighted by Crippen LogP contribution is -2.34. The zero-order chi connectivity index (χ0) is 19.2. The number of hydrogen-bond donors (Lipinski definition) is 1. The van der Waals surface area contributed by atoms with E-state index < -0.39 is 0 Å². The van der Waals surface area contributed by atoms with Crippen molar-refractivity contribution in [1.82, 2.24) is 10.2 Å². The predicted octanol–water partition coefficient (Wildman–Crippen LogP) is 3.06. The Morgan fingerprint density at radius 2 is 1.81 bits per heavy atom. The van der Waals surface area contributed by atoms with Crippen molar-refractivity contribution in [3.8, 4) is 5.75 Å². The van der Waals surface area contributed by atoms with Gasteiger partial charge in [0.1, 0.15) is 5.75 Å². The highest BCUT2D eigenvalue weighted by atomic mass is 35.5. The first-order valence-corrected chi connectivity index (χ1v) is 9.36. The van der Waals surface area contributed by atoms with E-state index in [0.717, 1.165) is 23.3 Å². The molecule has 0 radical (unpaired) electrons. The number of nitrogens with one attached hydrogen (secondary N) is 1. The van der Waals surface area contributed by atoms with Gasteiger partial charge in [0.25, 0.3) is 0 Å². The fourth-order valence-corrected chi connectivity index (χ4v) is 3.30. The van der Waals surface area contributed by atoms with Crippen LogP contribution in [-0.2, 0) is 22.6 Å². The van der Waals surface area contributed by atoms with Gasteiger partial charge in [-0.15, -0.1) is 0 Å². The van der Waals surface area contributed by atoms with Crippen LogP contribution in [0.25, 0.3) is 0 Å². The SMILES string of the molecule is COc1ccc(CN2C[C@H](C(=O)NCCc3ccc(Cl)cc3)CC2=O)cc1. The molecule has 2 amide bonds. The Morgan fingerprint density at radius 1 is 1.15 bits per heavy atom. The first kappa shape index (κ1) is 19.2. The average Bonchev–Trinajstić information content (AvgIpc) is 3.04. The fourth-order valence-electron chi connectivity index (χ4n) is 3.18. The Bertz CT molecular complexity index is 790. The molecule has 0 spiro atoms. The van der Waals surface area contributed by atoms with E-state index in [2.05, 4.69) is 5.32 Å². The monoisotopic (exact) mass is 386 g/mol. The third kappa shape index (κ3) is 5.23. The third-order valence-electron chi connectivity index (χ3n) is 4.74. The minimum atomic E-state index is -0.291. The van der Waals surface area contributed by atoms with Crippen molar-refractivity contribution < 1.29 is 14.3 Å². The first-order valence-electron chi connectivity index (χ1n) is 8.98. The van der Waals surface area contributed by atoms with Crippen LogP contribution in [0.4, 0.5) is 0 Å². The number of halogens is 1. The van der Waals surface area contributed by atoms with Crippen molar-refractivity contribution in [2.75, 3.05) is 20.2 Å². The first-order chi connectivity index (χ1) is 13.0. The Morgan fingerprint density at radius 3 is 2.48 bits per heavy atom. The number of carbonyl (C=O) groups is 2. The van der Waals surface area contributed by atoms with Gasteiger partial charge in [-0.2, -0.15) is 0 Å². The second-order valence-electron chi connectivity index (χ2n) is 6.69. The molecular formula is C21H23ClN2O3. The van der Waals surface area contributed by atoms with Crippen molar-refractivity contribution in [1.29, 1.82) is 0 Å². The summed E-state index contributed by atoms with van der Waals surface area (Å²) in [7, 11) is 1.62. The normalized spacial score (nSPS) is 16.4. The zero-order valence-electron chi connectivity index (χ0n) is 15.3. The maximum Gasteiger partial charge on any atom is 0.225 e. The van der Waals surface area contributed by atoms with E-state index in [-0.39, 0.29) is 24.2 Å². The number of nitrogens with zero attached hydrogens (tertiary/aromatic N) is 1. The summed E-state index contributed by atoms with van der Waals surface area (Å²) in [5.41, 5.74) is 2.14. The van der Waals surface area contributed by atoms with Crippen molar-refractivity contribution in [2.45, 2.75) is 19.4 Å². The Hall–Kier alpha value is -2.53. The lowest BCUT2D eigenvalue weighted by atomic mass is 10.1. The van der Waals surface area contributed by atoms with Crippen molar-refractivity contribution in [2.24, 2.45) is 5.92 Å². The van der Waals surface area contributed by atoms with E-state index >= 15 is 0 Å². The van der Waals surface area contributed by atoms with Gasteiger partial charge in [-0.25, -0.2) is 0 Å². The van der Waals surface area contributed by atoms with E-state index in [0.29, 0.717) is 24.7 Å². The van der Waals surface area contributed by atoms with Gasteiger partial charge in [0.05, 0.1) is 13.0 Å². The van der Waals surface area contributed by atoms with Crippen LogP contribution in [0.3, 0.4) is 0 Å². The minimum absolute atomic E-state index is 0.0173. The van der Waals surface area contributed by atoms with Crippen molar-refractivity contribution in [3.63, 3.8) is 0 Å². The molecule has 142 valence electrons. The molecule has 1 aliphatic heterocycles. The summed E-state index contributed by atoms with van der Waals surface area (Å²) in [5.74, 6) is 0.448. The average molecular weight is 387 g/mol. The summed E-state index contributed by atoms with van der Waals surface area (Å²) in [6, 6.07) is 15.2. The summed E-state index contributed by atoms with van der Waals surface area (Å²) in [4.78, 5) is 26.4. The van der Waals surface area contributed by atoms with E-state index in [1.54, 1.807) is 12.0 Å². The van der Waals surface area contributed by atoms with Crippen LogP contribution in [0, 0.1) is 5.92 Å². The second kappa shape index (κ2) is 8.91. The van der Waals surface area contributed by atoms with Crippen molar-refractivity contribution >= 4 is 23.4 Å². The van der Waals surface area contributed by atoms with E-state index in [9.17, 15) is 9.59 Å². The van der Waals surface area contributed by atoms with E-state index in [4.69, 9.17) is 16.3 Å². The summed E-state index contributed by atoms with van der Waals surface area (Å²) in [5, 5.41) is 3.64. The number of hydrogen-bond acceptors (Lipinski definition) is 3. The third-order valence-corrected chi connectivity index (χ3v) is 5.00. The van der Waals surface area contributed by atoms with Crippen LogP contribution < -0.4 is 10.1 Å². The summed E-state index contributed by atoms with van der Waals surface area (Å²) >= 11 is 5.87. The van der Waals surface area contributed by atoms with Gasteiger partial charge in [-0.05, 0) is 41.8 Å². The topological polar surface area (TPSA) is 58.6 Å². The van der Waals surface area contributed by atoms with Gasteiger partial charge in [0.15, 0.2) is 0 Å². The zero-order valence-corrected chi connectivity index (χ0v) is 16.0. The predicted molar refractivity (Wildman–Crippen MR) is 105 cm³/mol. The van der Waals surface area contributed by atoms with Crippen LogP contribution in [-0.4, -0.2) is 36.9 Å². The molecule has 5 nitrogen and oxygen atoms in total. The quantitative estimate of drug-likeness (QED) is 0.795. The Balaban J connectivity index is 1.47. The highest BCUT2D eigenvalue weighted by Gasteiger charge is 2.33. The number of carbonyl (C=O) groups excluding carboxylic acids is 2. The van der Waals surface area contributed by atoms with Crippen LogP contribution in [0.1, 0.15) is 17.5 Å². The highest BCUT2D eigenvalue weighted by Crippen LogP contribution is 2.21. The molecule has 2 aromatic rings. The molecule has 0 saturated carbocycles. The maximum absolute atomic E-state index is 12.4. The van der Waals surface area contributed by atoms with Crippen molar-refractivity contribution in [3.05, 3.63) is 64.7 Å². The Kier molecular flexibility index (Phi) is 6.35. The molecule has 3 rings (SSSR count). The number of rotatable bonds is 7. The van der Waals surface area contributed by atoms with Gasteiger partial charge in [0, 0.05) is 31.1 Å². The van der Waals surface area contributed by atoms with Gasteiger partial charge >= 0.3 is 0 Å². The lowest BCUT2D eigenvalue weighted by molar-refractivity contribution is -0.129. The molecule has 1 atom stereocenters. The molecule has 1 saturated heterocycles. The molecule has 0 unspecified atom stereocenters. The van der Waals surface area contributed by atoms with Crippen LogP contribution in [0.2, 0.25) is 5.02 Å². The van der Waals surface area contributed by atoms with Gasteiger partial charge in [0.2, 0.25) is 11.8 Å². The molecule has 1 heterocycles. The molecule has 1 aliphatic rings. The number of methoxy groups -OCH3 is 1. The largest absolute Gasteiger partial charge is 0.497 e. The molecule has 0 aliphatic carbocycles. The molecule has 2 aromatic carbocycles. The molecule has 1 N–H and O–H groups in total. The molecule has 27 heavy (non-hydrogen) atoms. The van der Waals surface area contributed by atoms with E-state index in [1.807, 2.05) is 48.5 Å². The van der Waals surface area contributed by atoms with E-state index in [1.165, 1.54) is 0 Å². The summed E-state index contributed by atoms with van der Waals surface area (Å²) in [6.45, 7) is 1.51. The van der Waals surface area contributed by atoms with Crippen LogP contribution >= 0.6 is 11.6 Å². The lowest BCUT2D eigenvalue weighted by Gasteiger charge is -2.17. The highest BCUT2D eigenvalue weighted by molar-refractivity contribution is 6.30. The van der Waals surface area contributed by atoms with Gasteiger partial charge in [-0.3, -0.25) is 9.59 Å². The number of amides is 2. The number of likely N-dealkylation sites (tertiary alicyclic amines) is 1. The molecule has 1 fully saturated rings. The molecule has 6 heteroatoms.